The second kappa shape index (κ2) is 9.32. The van der Waals surface area contributed by atoms with Crippen molar-refractivity contribution in [2.24, 2.45) is 5.92 Å². The molecule has 160 valence electrons. The number of amides is 2. The summed E-state index contributed by atoms with van der Waals surface area (Å²) in [5.41, 5.74) is 3.47. The van der Waals surface area contributed by atoms with E-state index in [4.69, 9.17) is 4.74 Å². The number of rotatable bonds is 5. The van der Waals surface area contributed by atoms with Gasteiger partial charge in [0.25, 0.3) is 0 Å². The third-order valence-electron chi connectivity index (χ3n) is 6.32. The van der Waals surface area contributed by atoms with Crippen LogP contribution in [0.1, 0.15) is 36.1 Å². The number of carbonyl (C=O) groups excluding carboxylic acids is 2. The average Bonchev–Trinajstić information content (AvgIpc) is 3.12. The van der Waals surface area contributed by atoms with Crippen LogP contribution in [0.5, 0.6) is 5.75 Å². The molecule has 2 aliphatic rings. The van der Waals surface area contributed by atoms with Crippen LogP contribution in [0.2, 0.25) is 0 Å². The van der Waals surface area contributed by atoms with Crippen LogP contribution in [0.4, 0.5) is 0 Å². The topological polar surface area (TPSA) is 78.5 Å². The van der Waals surface area contributed by atoms with Gasteiger partial charge in [-0.15, -0.1) is 0 Å². The van der Waals surface area contributed by atoms with E-state index in [2.05, 4.69) is 10.2 Å². The van der Waals surface area contributed by atoms with Crippen molar-refractivity contribution < 1.29 is 14.3 Å². The Morgan fingerprint density at radius 3 is 2.70 bits per heavy atom. The highest BCUT2D eigenvalue weighted by molar-refractivity contribution is 5.80. The summed E-state index contributed by atoms with van der Waals surface area (Å²) >= 11 is 0. The summed E-state index contributed by atoms with van der Waals surface area (Å²) in [7, 11) is 1.65. The summed E-state index contributed by atoms with van der Waals surface area (Å²) in [5, 5.41) is 7.14. The highest BCUT2D eigenvalue weighted by Crippen LogP contribution is 2.25. The molecule has 1 aromatic carbocycles. The number of aryl methyl sites for hydroxylation is 2. The lowest BCUT2D eigenvalue weighted by Crippen LogP contribution is -2.41. The fourth-order valence-corrected chi connectivity index (χ4v) is 4.47. The third-order valence-corrected chi connectivity index (χ3v) is 6.32. The molecule has 7 heteroatoms. The van der Waals surface area contributed by atoms with Crippen molar-refractivity contribution in [3.05, 3.63) is 47.3 Å². The highest BCUT2D eigenvalue weighted by atomic mass is 16.5. The molecule has 1 aliphatic heterocycles. The molecule has 2 aromatic rings. The van der Waals surface area contributed by atoms with Gasteiger partial charge in [-0.2, -0.15) is 5.10 Å². The number of fused-ring (bicyclic) bond motifs is 1. The predicted molar refractivity (Wildman–Crippen MR) is 113 cm³/mol. The van der Waals surface area contributed by atoms with E-state index >= 15 is 0 Å². The first-order valence-corrected chi connectivity index (χ1v) is 10.8. The number of carbonyl (C=O) groups is 2. The minimum Gasteiger partial charge on any atom is -0.497 e. The van der Waals surface area contributed by atoms with E-state index < -0.39 is 0 Å². The van der Waals surface area contributed by atoms with Crippen LogP contribution < -0.4 is 4.74 Å². The number of hydrogen-bond acceptors (Lipinski definition) is 4. The van der Waals surface area contributed by atoms with Crippen LogP contribution in [-0.2, 0) is 28.9 Å². The Morgan fingerprint density at radius 2 is 1.90 bits per heavy atom. The summed E-state index contributed by atoms with van der Waals surface area (Å²) in [6.45, 7) is 2.70. The maximum atomic E-state index is 13.1. The first-order chi connectivity index (χ1) is 14.6. The molecule has 0 saturated carbocycles. The number of nitrogens with zero attached hydrogens (tertiary/aromatic N) is 3. The van der Waals surface area contributed by atoms with Crippen LogP contribution in [0.25, 0.3) is 0 Å². The van der Waals surface area contributed by atoms with Gasteiger partial charge in [0, 0.05) is 50.6 Å². The fraction of sp³-hybridized carbons (Fsp3) is 0.522. The second-order valence-electron chi connectivity index (χ2n) is 8.22. The van der Waals surface area contributed by atoms with Gasteiger partial charge >= 0.3 is 0 Å². The van der Waals surface area contributed by atoms with Crippen molar-refractivity contribution in [1.29, 1.82) is 0 Å². The van der Waals surface area contributed by atoms with Gasteiger partial charge in [0.1, 0.15) is 5.75 Å². The number of H-pyrrole nitrogens is 1. The van der Waals surface area contributed by atoms with Crippen molar-refractivity contribution >= 4 is 11.8 Å². The molecular weight excluding hydrogens is 380 g/mol. The van der Waals surface area contributed by atoms with Gasteiger partial charge in [-0.05, 0) is 48.9 Å². The predicted octanol–water partition coefficient (Wildman–Crippen LogP) is 2.22. The summed E-state index contributed by atoms with van der Waals surface area (Å²) in [4.78, 5) is 29.7. The van der Waals surface area contributed by atoms with Gasteiger partial charge in [0.15, 0.2) is 0 Å². The summed E-state index contributed by atoms with van der Waals surface area (Å²) in [6, 6.07) is 7.86. The molecule has 1 saturated heterocycles. The standard InChI is InChI=1S/C23H30N4O3/c1-30-20-8-3-17(4-9-20)5-10-22(28)26-11-2-12-27(14-13-26)23(29)18-6-7-19-16-24-25-21(19)15-18/h3-4,8-9,16,18H,2,5-7,10-15H2,1H3,(H,24,25). The van der Waals surface area contributed by atoms with E-state index in [1.807, 2.05) is 40.3 Å². The Labute approximate surface area is 177 Å². The number of aromatic nitrogens is 2. The Bertz CT molecular complexity index is 877. The van der Waals surface area contributed by atoms with Gasteiger partial charge in [0.2, 0.25) is 11.8 Å². The molecule has 7 nitrogen and oxygen atoms in total. The lowest BCUT2D eigenvalue weighted by Gasteiger charge is -2.28. The lowest BCUT2D eigenvalue weighted by molar-refractivity contribution is -0.136. The lowest BCUT2D eigenvalue weighted by atomic mass is 9.87. The molecular formula is C23H30N4O3. The van der Waals surface area contributed by atoms with Crippen LogP contribution in [0.15, 0.2) is 30.5 Å². The molecule has 1 aromatic heterocycles. The van der Waals surface area contributed by atoms with Crippen molar-refractivity contribution in [3.8, 4) is 5.75 Å². The van der Waals surface area contributed by atoms with Crippen LogP contribution in [-0.4, -0.2) is 65.1 Å². The van der Waals surface area contributed by atoms with Crippen LogP contribution in [0.3, 0.4) is 0 Å². The highest BCUT2D eigenvalue weighted by Gasteiger charge is 2.30. The molecule has 1 aliphatic carbocycles. The van der Waals surface area contributed by atoms with E-state index in [-0.39, 0.29) is 17.7 Å². The summed E-state index contributed by atoms with van der Waals surface area (Å²) in [6.07, 6.45) is 6.45. The maximum absolute atomic E-state index is 13.1. The van der Waals surface area contributed by atoms with E-state index in [0.29, 0.717) is 19.5 Å². The van der Waals surface area contributed by atoms with Gasteiger partial charge in [-0.25, -0.2) is 0 Å². The third kappa shape index (κ3) is 4.66. The molecule has 2 amide bonds. The monoisotopic (exact) mass is 410 g/mol. The molecule has 30 heavy (non-hydrogen) atoms. The molecule has 0 spiro atoms. The molecule has 0 bridgehead atoms. The molecule has 1 atom stereocenters. The van der Waals surface area contributed by atoms with Crippen molar-refractivity contribution in [2.45, 2.75) is 38.5 Å². The van der Waals surface area contributed by atoms with Gasteiger partial charge in [-0.1, -0.05) is 12.1 Å². The number of ether oxygens (including phenoxy) is 1. The zero-order valence-corrected chi connectivity index (χ0v) is 17.6. The van der Waals surface area contributed by atoms with E-state index in [1.54, 1.807) is 7.11 Å². The number of aromatic amines is 1. The minimum absolute atomic E-state index is 0.0234. The van der Waals surface area contributed by atoms with Crippen molar-refractivity contribution in [1.82, 2.24) is 20.0 Å². The largest absolute Gasteiger partial charge is 0.497 e. The first-order valence-electron chi connectivity index (χ1n) is 10.8. The zero-order valence-electron chi connectivity index (χ0n) is 17.6. The normalized spacial score (nSPS) is 19.2. The van der Waals surface area contributed by atoms with E-state index in [9.17, 15) is 9.59 Å². The number of methoxy groups -OCH3 is 1. The number of nitrogens with one attached hydrogen (secondary N) is 1. The molecule has 4 rings (SSSR count). The Kier molecular flexibility index (Phi) is 6.35. The van der Waals surface area contributed by atoms with E-state index in [1.165, 1.54) is 5.56 Å². The van der Waals surface area contributed by atoms with Crippen LogP contribution in [0, 0.1) is 5.92 Å². The Hall–Kier alpha value is -2.83. The number of benzene rings is 1. The Morgan fingerprint density at radius 1 is 1.13 bits per heavy atom. The van der Waals surface area contributed by atoms with Gasteiger partial charge < -0.3 is 14.5 Å². The Balaban J connectivity index is 1.27. The summed E-state index contributed by atoms with van der Waals surface area (Å²) < 4.78 is 5.18. The fourth-order valence-electron chi connectivity index (χ4n) is 4.47. The first kappa shape index (κ1) is 20.4. The quantitative estimate of drug-likeness (QED) is 0.820. The summed E-state index contributed by atoms with van der Waals surface area (Å²) in [5.74, 6) is 1.24. The van der Waals surface area contributed by atoms with Gasteiger partial charge in [0.05, 0.1) is 13.3 Å². The zero-order chi connectivity index (χ0) is 20.9. The molecule has 0 radical (unpaired) electrons. The number of hydrogen-bond donors (Lipinski definition) is 1. The maximum Gasteiger partial charge on any atom is 0.226 e. The molecule has 2 heterocycles. The second-order valence-corrected chi connectivity index (χ2v) is 8.22. The average molecular weight is 411 g/mol. The van der Waals surface area contributed by atoms with Crippen LogP contribution >= 0.6 is 0 Å². The molecule has 1 N–H and O–H groups in total. The minimum atomic E-state index is 0.0234. The molecule has 1 unspecified atom stereocenters. The van der Waals surface area contributed by atoms with Gasteiger partial charge in [-0.3, -0.25) is 14.7 Å². The van der Waals surface area contributed by atoms with E-state index in [0.717, 1.165) is 62.2 Å². The molecule has 1 fully saturated rings. The van der Waals surface area contributed by atoms with Crippen molar-refractivity contribution in [2.75, 3.05) is 33.3 Å². The SMILES string of the molecule is COc1ccc(CCC(=O)N2CCCN(C(=O)C3CCc4cn[nH]c4C3)CC2)cc1. The smallest absolute Gasteiger partial charge is 0.226 e. The van der Waals surface area contributed by atoms with Crippen molar-refractivity contribution in [3.63, 3.8) is 0 Å².